The lowest BCUT2D eigenvalue weighted by Crippen LogP contribution is -2.30. The van der Waals surface area contributed by atoms with Crippen molar-refractivity contribution in [2.45, 2.75) is 341 Å². The van der Waals surface area contributed by atoms with Gasteiger partial charge in [-0.1, -0.05) is 293 Å². The van der Waals surface area contributed by atoms with Gasteiger partial charge in [0.05, 0.1) is 0 Å². The maximum atomic E-state index is 12.9. The molecule has 0 amide bonds. The van der Waals surface area contributed by atoms with Gasteiger partial charge in [0.25, 0.3) is 0 Å². The van der Waals surface area contributed by atoms with Gasteiger partial charge < -0.3 is 14.2 Å². The summed E-state index contributed by atoms with van der Waals surface area (Å²) < 4.78 is 16.9. The van der Waals surface area contributed by atoms with Crippen LogP contribution >= 0.6 is 0 Å². The van der Waals surface area contributed by atoms with Gasteiger partial charge in [0, 0.05) is 19.3 Å². The fraction of sp³-hybridized carbons (Fsp3) is 0.809. The number of esters is 3. The Bertz CT molecular complexity index is 1330. The summed E-state index contributed by atoms with van der Waals surface area (Å²) in [4.78, 5) is 38.2. The fourth-order valence-electron chi connectivity index (χ4n) is 9.43. The van der Waals surface area contributed by atoms with Gasteiger partial charge in [-0.25, -0.2) is 0 Å². The molecule has 0 aliphatic rings. The highest BCUT2D eigenvalue weighted by molar-refractivity contribution is 5.71. The number of carbonyl (C=O) groups is 3. The van der Waals surface area contributed by atoms with Crippen LogP contribution in [-0.2, 0) is 28.6 Å². The predicted molar refractivity (Wildman–Crippen MR) is 321 cm³/mol. The smallest absolute Gasteiger partial charge is 0.306 e. The summed E-state index contributed by atoms with van der Waals surface area (Å²) in [7, 11) is 0. The van der Waals surface area contributed by atoms with Crippen LogP contribution in [0.5, 0.6) is 0 Å². The van der Waals surface area contributed by atoms with E-state index in [2.05, 4.69) is 81.5 Å². The van der Waals surface area contributed by atoms with Crippen molar-refractivity contribution in [3.63, 3.8) is 0 Å². The lowest BCUT2D eigenvalue weighted by molar-refractivity contribution is -0.167. The topological polar surface area (TPSA) is 78.9 Å². The first-order valence-electron chi connectivity index (χ1n) is 32.3. The Balaban J connectivity index is 4.13. The van der Waals surface area contributed by atoms with E-state index < -0.39 is 6.10 Å². The first-order valence-corrected chi connectivity index (χ1v) is 32.3. The monoisotopic (exact) mass is 1030 g/mol. The van der Waals surface area contributed by atoms with Gasteiger partial charge in [-0.2, -0.15) is 0 Å². The predicted octanol–water partition coefficient (Wildman–Crippen LogP) is 21.9. The zero-order valence-electron chi connectivity index (χ0n) is 49.4. The molecule has 0 spiro atoms. The Morgan fingerprint density at radius 1 is 0.284 bits per heavy atom. The summed E-state index contributed by atoms with van der Waals surface area (Å²) in [6, 6.07) is 0. The molecular formula is C68H122O6. The van der Waals surface area contributed by atoms with Crippen LogP contribution in [0.1, 0.15) is 335 Å². The molecule has 0 aromatic rings. The third-order valence-electron chi connectivity index (χ3n) is 14.3. The summed E-state index contributed by atoms with van der Waals surface area (Å²) in [6.07, 6.45) is 79.6. The minimum Gasteiger partial charge on any atom is -0.462 e. The summed E-state index contributed by atoms with van der Waals surface area (Å²) in [5.41, 5.74) is 0. The molecule has 0 rings (SSSR count). The van der Waals surface area contributed by atoms with Crippen LogP contribution in [0, 0.1) is 0 Å². The second kappa shape index (κ2) is 62.6. The van der Waals surface area contributed by atoms with E-state index in [4.69, 9.17) is 14.2 Å². The summed E-state index contributed by atoms with van der Waals surface area (Å²) in [5.74, 6) is -0.860. The second-order valence-corrected chi connectivity index (χ2v) is 21.6. The lowest BCUT2D eigenvalue weighted by atomic mass is 10.0. The van der Waals surface area contributed by atoms with Gasteiger partial charge in [0.2, 0.25) is 0 Å². The van der Waals surface area contributed by atoms with E-state index in [1.165, 1.54) is 212 Å². The summed E-state index contributed by atoms with van der Waals surface area (Å²) >= 11 is 0. The van der Waals surface area contributed by atoms with E-state index in [1.807, 2.05) is 0 Å². The Labute approximate surface area is 460 Å². The number of hydrogen-bond acceptors (Lipinski definition) is 6. The molecule has 6 nitrogen and oxygen atoms in total. The average Bonchev–Trinajstić information content (AvgIpc) is 3.40. The maximum absolute atomic E-state index is 12.9. The zero-order valence-corrected chi connectivity index (χ0v) is 49.4. The van der Waals surface area contributed by atoms with Crippen molar-refractivity contribution in [2.75, 3.05) is 13.2 Å². The molecule has 430 valence electrons. The molecule has 1 atom stereocenters. The van der Waals surface area contributed by atoms with Crippen LogP contribution < -0.4 is 0 Å². The van der Waals surface area contributed by atoms with E-state index in [-0.39, 0.29) is 31.1 Å². The van der Waals surface area contributed by atoms with Gasteiger partial charge in [-0.3, -0.25) is 14.4 Å². The molecule has 6 heteroatoms. The molecule has 0 saturated heterocycles. The number of rotatable bonds is 59. The number of unbranched alkanes of at least 4 members (excludes halogenated alkanes) is 38. The van der Waals surface area contributed by atoms with Crippen molar-refractivity contribution in [3.8, 4) is 0 Å². The first kappa shape index (κ1) is 71.1. The number of hydrogen-bond donors (Lipinski definition) is 0. The van der Waals surface area contributed by atoms with Crippen LogP contribution in [0.25, 0.3) is 0 Å². The molecule has 0 fully saturated rings. The Hall–Kier alpha value is -2.89. The SMILES string of the molecule is CC/C=C\C/C=C\C/C=C\C/C=C\CCCCCCCCCCCCCCCCCCC(=O)OCC(COC(=O)CCCCCCCCCCC)OC(=O)CCCCCCCCC/C=C\CCCCCCCCC. The third kappa shape index (κ3) is 60.0. The highest BCUT2D eigenvalue weighted by atomic mass is 16.6. The normalized spacial score (nSPS) is 12.4. The molecule has 0 aliphatic carbocycles. The number of carbonyl (C=O) groups excluding carboxylic acids is 3. The minimum atomic E-state index is -0.772. The van der Waals surface area contributed by atoms with E-state index >= 15 is 0 Å². The van der Waals surface area contributed by atoms with E-state index in [1.54, 1.807) is 0 Å². The molecule has 0 N–H and O–H groups in total. The van der Waals surface area contributed by atoms with Crippen molar-refractivity contribution in [2.24, 2.45) is 0 Å². The van der Waals surface area contributed by atoms with Gasteiger partial charge in [0.15, 0.2) is 6.10 Å². The van der Waals surface area contributed by atoms with Crippen LogP contribution in [0.2, 0.25) is 0 Å². The summed E-state index contributed by atoms with van der Waals surface area (Å²) in [5, 5.41) is 0. The largest absolute Gasteiger partial charge is 0.462 e. The maximum Gasteiger partial charge on any atom is 0.306 e. The Morgan fingerprint density at radius 3 is 0.838 bits per heavy atom. The molecule has 74 heavy (non-hydrogen) atoms. The van der Waals surface area contributed by atoms with Crippen LogP contribution in [-0.4, -0.2) is 37.2 Å². The lowest BCUT2D eigenvalue weighted by Gasteiger charge is -2.18. The van der Waals surface area contributed by atoms with Gasteiger partial charge in [-0.05, 0) is 83.5 Å². The summed E-state index contributed by atoms with van der Waals surface area (Å²) in [6.45, 7) is 6.54. The fourth-order valence-corrected chi connectivity index (χ4v) is 9.43. The van der Waals surface area contributed by atoms with Crippen molar-refractivity contribution >= 4 is 17.9 Å². The molecular weight excluding hydrogens is 913 g/mol. The molecule has 0 aromatic heterocycles. The second-order valence-electron chi connectivity index (χ2n) is 21.6. The highest BCUT2D eigenvalue weighted by Crippen LogP contribution is 2.17. The van der Waals surface area contributed by atoms with Crippen molar-refractivity contribution < 1.29 is 28.6 Å². The minimum absolute atomic E-state index is 0.0712. The van der Waals surface area contributed by atoms with Crippen molar-refractivity contribution in [1.82, 2.24) is 0 Å². The molecule has 0 aliphatic heterocycles. The first-order chi connectivity index (χ1) is 36.5. The molecule has 0 radical (unpaired) electrons. The average molecular weight is 1040 g/mol. The Kier molecular flexibility index (Phi) is 60.2. The molecule has 0 saturated carbocycles. The molecule has 0 heterocycles. The standard InChI is InChI=1S/C68H122O6/c1-4-7-10-13-16-19-21-23-25-27-29-30-31-32-33-34-35-36-37-38-39-41-42-44-46-49-52-55-58-61-67(70)73-64-65(63-72-66(69)60-57-54-51-48-18-15-12-9-6-3)74-68(71)62-59-56-53-50-47-45-43-40-28-26-24-22-20-17-14-11-8-5-2/h7,10,16,19,23,25-26,28-30,65H,4-6,8-9,11-15,17-18,20-22,24,27,31-64H2,1-3H3/b10-7-,19-16-,25-23-,28-26-,30-29-. The zero-order chi connectivity index (χ0) is 53.6. The molecule has 1 unspecified atom stereocenters. The number of ether oxygens (including phenoxy) is 3. The molecule has 0 bridgehead atoms. The van der Waals surface area contributed by atoms with Crippen LogP contribution in [0.4, 0.5) is 0 Å². The highest BCUT2D eigenvalue weighted by Gasteiger charge is 2.19. The van der Waals surface area contributed by atoms with Gasteiger partial charge in [-0.15, -0.1) is 0 Å². The van der Waals surface area contributed by atoms with Gasteiger partial charge >= 0.3 is 17.9 Å². The third-order valence-corrected chi connectivity index (χ3v) is 14.3. The van der Waals surface area contributed by atoms with E-state index in [9.17, 15) is 14.4 Å². The quantitative estimate of drug-likeness (QED) is 0.0261. The van der Waals surface area contributed by atoms with Crippen molar-refractivity contribution in [3.05, 3.63) is 60.8 Å². The Morgan fingerprint density at radius 2 is 0.527 bits per heavy atom. The van der Waals surface area contributed by atoms with E-state index in [0.29, 0.717) is 19.3 Å². The number of allylic oxidation sites excluding steroid dienone is 10. The molecule has 0 aromatic carbocycles. The van der Waals surface area contributed by atoms with Crippen molar-refractivity contribution in [1.29, 1.82) is 0 Å². The van der Waals surface area contributed by atoms with Crippen LogP contribution in [0.15, 0.2) is 60.8 Å². The van der Waals surface area contributed by atoms with E-state index in [0.717, 1.165) is 83.5 Å². The van der Waals surface area contributed by atoms with Crippen LogP contribution in [0.3, 0.4) is 0 Å². The van der Waals surface area contributed by atoms with Gasteiger partial charge in [0.1, 0.15) is 13.2 Å².